The SMILES string of the molecule is CCCCCCCCCCCCCCCCCCNC(=O)C(C)c1ccc(O)c(O)c1. The zero-order valence-corrected chi connectivity index (χ0v) is 20.1. The molecule has 4 nitrogen and oxygen atoms in total. The lowest BCUT2D eigenvalue weighted by molar-refractivity contribution is -0.122. The van der Waals surface area contributed by atoms with Crippen molar-refractivity contribution in [3.05, 3.63) is 23.8 Å². The minimum atomic E-state index is -0.340. The lowest BCUT2D eigenvalue weighted by Crippen LogP contribution is -2.28. The molecular weight excluding hydrogens is 386 g/mol. The number of hydrogen-bond donors (Lipinski definition) is 3. The molecule has 178 valence electrons. The van der Waals surface area contributed by atoms with E-state index in [4.69, 9.17) is 0 Å². The van der Waals surface area contributed by atoms with E-state index in [1.807, 2.05) is 6.92 Å². The first-order chi connectivity index (χ1) is 15.1. The molecule has 1 atom stereocenters. The first-order valence-corrected chi connectivity index (χ1v) is 12.9. The number of carbonyl (C=O) groups is 1. The third-order valence-electron chi connectivity index (χ3n) is 6.22. The minimum Gasteiger partial charge on any atom is -0.504 e. The van der Waals surface area contributed by atoms with Crippen molar-refractivity contribution in [2.45, 2.75) is 122 Å². The first kappa shape index (κ1) is 27.3. The molecule has 0 radical (unpaired) electrons. The van der Waals surface area contributed by atoms with Gasteiger partial charge in [-0.15, -0.1) is 0 Å². The Hall–Kier alpha value is -1.71. The lowest BCUT2D eigenvalue weighted by atomic mass is 9.99. The van der Waals surface area contributed by atoms with E-state index < -0.39 is 0 Å². The van der Waals surface area contributed by atoms with Gasteiger partial charge in [0.1, 0.15) is 0 Å². The zero-order valence-electron chi connectivity index (χ0n) is 20.1. The molecule has 1 amide bonds. The van der Waals surface area contributed by atoms with Gasteiger partial charge in [-0.2, -0.15) is 0 Å². The molecule has 4 heteroatoms. The molecule has 0 fully saturated rings. The molecule has 1 unspecified atom stereocenters. The number of phenolic OH excluding ortho intramolecular Hbond substituents is 2. The predicted octanol–water partition coefficient (Wildman–Crippen LogP) is 7.58. The van der Waals surface area contributed by atoms with Crippen LogP contribution in [0.2, 0.25) is 0 Å². The fourth-order valence-corrected chi connectivity index (χ4v) is 4.00. The quantitative estimate of drug-likeness (QED) is 0.155. The molecule has 0 saturated heterocycles. The van der Waals surface area contributed by atoms with Gasteiger partial charge < -0.3 is 15.5 Å². The van der Waals surface area contributed by atoms with Gasteiger partial charge in [-0.05, 0) is 31.0 Å². The summed E-state index contributed by atoms with van der Waals surface area (Å²) < 4.78 is 0. The Labute approximate surface area is 190 Å². The Morgan fingerprint density at radius 2 is 1.19 bits per heavy atom. The molecular formula is C27H47NO3. The van der Waals surface area contributed by atoms with Crippen molar-refractivity contribution in [1.29, 1.82) is 0 Å². The van der Waals surface area contributed by atoms with Crippen LogP contribution in [0.15, 0.2) is 18.2 Å². The van der Waals surface area contributed by atoms with Gasteiger partial charge >= 0.3 is 0 Å². The van der Waals surface area contributed by atoms with E-state index in [1.54, 1.807) is 6.07 Å². The van der Waals surface area contributed by atoms with Crippen LogP contribution < -0.4 is 5.32 Å². The fourth-order valence-electron chi connectivity index (χ4n) is 4.00. The molecule has 0 aliphatic heterocycles. The second kappa shape index (κ2) is 17.9. The van der Waals surface area contributed by atoms with E-state index in [9.17, 15) is 15.0 Å². The van der Waals surface area contributed by atoms with Gasteiger partial charge in [-0.1, -0.05) is 109 Å². The Morgan fingerprint density at radius 3 is 1.65 bits per heavy atom. The van der Waals surface area contributed by atoms with E-state index in [-0.39, 0.29) is 23.3 Å². The molecule has 0 spiro atoms. The largest absolute Gasteiger partial charge is 0.504 e. The van der Waals surface area contributed by atoms with Gasteiger partial charge in [0.25, 0.3) is 0 Å². The summed E-state index contributed by atoms with van der Waals surface area (Å²) in [6, 6.07) is 4.55. The number of phenols is 2. The highest BCUT2D eigenvalue weighted by atomic mass is 16.3. The van der Waals surface area contributed by atoms with Crippen LogP contribution in [0, 0.1) is 0 Å². The van der Waals surface area contributed by atoms with Crippen LogP contribution in [0.25, 0.3) is 0 Å². The smallest absolute Gasteiger partial charge is 0.227 e. The summed E-state index contributed by atoms with van der Waals surface area (Å²) in [6.07, 6.45) is 21.5. The van der Waals surface area contributed by atoms with Gasteiger partial charge in [0.15, 0.2) is 11.5 Å². The molecule has 31 heavy (non-hydrogen) atoms. The van der Waals surface area contributed by atoms with Crippen molar-refractivity contribution >= 4 is 5.91 Å². The van der Waals surface area contributed by atoms with Crippen molar-refractivity contribution in [2.75, 3.05) is 6.54 Å². The van der Waals surface area contributed by atoms with Crippen LogP contribution in [0.1, 0.15) is 128 Å². The first-order valence-electron chi connectivity index (χ1n) is 12.9. The number of nitrogens with one attached hydrogen (secondary N) is 1. The third kappa shape index (κ3) is 13.3. The Balaban J connectivity index is 1.89. The van der Waals surface area contributed by atoms with Crippen LogP contribution in [-0.2, 0) is 4.79 Å². The normalized spacial score (nSPS) is 12.1. The molecule has 1 aromatic rings. The van der Waals surface area contributed by atoms with Crippen LogP contribution in [0.4, 0.5) is 0 Å². The van der Waals surface area contributed by atoms with E-state index in [0.29, 0.717) is 12.1 Å². The summed E-state index contributed by atoms with van der Waals surface area (Å²) >= 11 is 0. The average molecular weight is 434 g/mol. The number of carbonyl (C=O) groups excluding carboxylic acids is 1. The van der Waals surface area contributed by atoms with Crippen molar-refractivity contribution in [3.8, 4) is 11.5 Å². The number of unbranched alkanes of at least 4 members (excludes halogenated alkanes) is 15. The monoisotopic (exact) mass is 433 g/mol. The van der Waals surface area contributed by atoms with Crippen LogP contribution in [0.5, 0.6) is 11.5 Å². The van der Waals surface area contributed by atoms with E-state index in [1.165, 1.54) is 102 Å². The minimum absolute atomic E-state index is 0.0361. The zero-order chi connectivity index (χ0) is 22.7. The molecule has 0 aliphatic carbocycles. The Kier molecular flexibility index (Phi) is 15.8. The second-order valence-corrected chi connectivity index (χ2v) is 9.06. The maximum absolute atomic E-state index is 12.2. The summed E-state index contributed by atoms with van der Waals surface area (Å²) in [5, 5.41) is 21.9. The van der Waals surface area contributed by atoms with Crippen molar-refractivity contribution in [3.63, 3.8) is 0 Å². The maximum Gasteiger partial charge on any atom is 0.227 e. The number of amides is 1. The topological polar surface area (TPSA) is 69.6 Å². The molecule has 3 N–H and O–H groups in total. The van der Waals surface area contributed by atoms with E-state index in [2.05, 4.69) is 12.2 Å². The van der Waals surface area contributed by atoms with Gasteiger partial charge in [0.05, 0.1) is 5.92 Å². The molecule has 0 heterocycles. The van der Waals surface area contributed by atoms with Crippen LogP contribution in [0.3, 0.4) is 0 Å². The number of hydrogen-bond acceptors (Lipinski definition) is 3. The number of benzene rings is 1. The molecule has 0 aliphatic rings. The third-order valence-corrected chi connectivity index (χ3v) is 6.22. The maximum atomic E-state index is 12.2. The second-order valence-electron chi connectivity index (χ2n) is 9.06. The molecule has 1 rings (SSSR count). The van der Waals surface area contributed by atoms with Crippen LogP contribution in [-0.4, -0.2) is 22.7 Å². The fraction of sp³-hybridized carbons (Fsp3) is 0.741. The molecule has 0 aromatic heterocycles. The number of rotatable bonds is 19. The van der Waals surface area contributed by atoms with E-state index >= 15 is 0 Å². The summed E-state index contributed by atoms with van der Waals surface area (Å²) in [7, 11) is 0. The van der Waals surface area contributed by atoms with Gasteiger partial charge in [-0.3, -0.25) is 4.79 Å². The Morgan fingerprint density at radius 1 is 0.742 bits per heavy atom. The lowest BCUT2D eigenvalue weighted by Gasteiger charge is -2.13. The molecule has 0 bridgehead atoms. The van der Waals surface area contributed by atoms with Crippen molar-refractivity contribution < 1.29 is 15.0 Å². The van der Waals surface area contributed by atoms with E-state index in [0.717, 1.165) is 12.8 Å². The number of aromatic hydroxyl groups is 2. The highest BCUT2D eigenvalue weighted by Gasteiger charge is 2.16. The predicted molar refractivity (Wildman–Crippen MR) is 131 cm³/mol. The standard InChI is InChI=1S/C27H47NO3/c1-3-4-5-6-7-8-9-10-11-12-13-14-15-16-17-18-21-28-27(31)23(2)24-19-20-25(29)26(30)22-24/h19-20,22-23,29-30H,3-18,21H2,1-2H3,(H,28,31). The van der Waals surface area contributed by atoms with Crippen molar-refractivity contribution in [1.82, 2.24) is 5.32 Å². The van der Waals surface area contributed by atoms with Gasteiger partial charge in [-0.25, -0.2) is 0 Å². The molecule has 1 aromatic carbocycles. The highest BCUT2D eigenvalue weighted by molar-refractivity contribution is 5.83. The summed E-state index contributed by atoms with van der Waals surface area (Å²) in [5.41, 5.74) is 0.708. The van der Waals surface area contributed by atoms with Crippen LogP contribution >= 0.6 is 0 Å². The summed E-state index contributed by atoms with van der Waals surface area (Å²) in [4.78, 5) is 12.2. The summed E-state index contributed by atoms with van der Waals surface area (Å²) in [5.74, 6) is -0.724. The van der Waals surface area contributed by atoms with Gasteiger partial charge in [0.2, 0.25) is 5.91 Å². The van der Waals surface area contributed by atoms with Crippen molar-refractivity contribution in [2.24, 2.45) is 0 Å². The summed E-state index contributed by atoms with van der Waals surface area (Å²) in [6.45, 7) is 4.79. The average Bonchev–Trinajstić information content (AvgIpc) is 2.77. The van der Waals surface area contributed by atoms with Gasteiger partial charge in [0, 0.05) is 6.54 Å². The Bertz CT molecular complexity index is 588. The molecule has 0 saturated carbocycles. The highest BCUT2D eigenvalue weighted by Crippen LogP contribution is 2.28.